The summed E-state index contributed by atoms with van der Waals surface area (Å²) in [5, 5.41) is 6.96. The molecular weight excluding hydrogens is 268 g/mol. The maximum atomic E-state index is 12.0. The van der Waals surface area contributed by atoms with Gasteiger partial charge in [-0.25, -0.2) is 10.8 Å². The number of aryl methyl sites for hydroxylation is 1. The van der Waals surface area contributed by atoms with Crippen molar-refractivity contribution in [3.63, 3.8) is 0 Å². The molecule has 0 saturated carbocycles. The van der Waals surface area contributed by atoms with E-state index < -0.39 is 0 Å². The smallest absolute Gasteiger partial charge is 0.255 e. The van der Waals surface area contributed by atoms with E-state index >= 15 is 0 Å². The van der Waals surface area contributed by atoms with Crippen LogP contribution in [0.15, 0.2) is 24.5 Å². The highest BCUT2D eigenvalue weighted by atomic mass is 35.5. The Labute approximate surface area is 114 Å². The van der Waals surface area contributed by atoms with Crippen molar-refractivity contribution in [3.05, 3.63) is 35.2 Å². The van der Waals surface area contributed by atoms with Crippen molar-refractivity contribution < 1.29 is 4.79 Å². The number of carbonyl (C=O) groups excluding carboxylic acids is 1. The highest BCUT2D eigenvalue weighted by Gasteiger charge is 2.10. The van der Waals surface area contributed by atoms with Gasteiger partial charge in [0.15, 0.2) is 0 Å². The Balaban J connectivity index is 2.17. The molecule has 2 heterocycles. The zero-order valence-corrected chi connectivity index (χ0v) is 11.0. The Morgan fingerprint density at radius 2 is 2.32 bits per heavy atom. The number of hydrogen-bond acceptors (Lipinski definition) is 5. The fourth-order valence-corrected chi connectivity index (χ4v) is 1.71. The predicted octanol–water partition coefficient (Wildman–Crippen LogP) is 1.49. The van der Waals surface area contributed by atoms with E-state index in [2.05, 4.69) is 20.8 Å². The molecule has 0 aliphatic heterocycles. The van der Waals surface area contributed by atoms with Gasteiger partial charge in [0.25, 0.3) is 5.91 Å². The van der Waals surface area contributed by atoms with Crippen LogP contribution in [0.5, 0.6) is 0 Å². The molecule has 1 amide bonds. The minimum atomic E-state index is -0.309. The highest BCUT2D eigenvalue weighted by molar-refractivity contribution is 6.30. The zero-order valence-electron chi connectivity index (χ0n) is 10.2. The van der Waals surface area contributed by atoms with Gasteiger partial charge in [0.2, 0.25) is 0 Å². The summed E-state index contributed by atoms with van der Waals surface area (Å²) >= 11 is 5.80. The standard InChI is InChI=1S/C11H13ClN6O/c1-2-18-6-8(5-14-18)15-11(19)7-3-9(12)16-10(4-7)17-13/h3-6H,2,13H2,1H3,(H,15,19)(H,16,17). The van der Waals surface area contributed by atoms with Gasteiger partial charge in [-0.05, 0) is 19.1 Å². The molecule has 0 spiro atoms. The maximum absolute atomic E-state index is 12.0. The van der Waals surface area contributed by atoms with Crippen LogP contribution in [-0.4, -0.2) is 20.7 Å². The van der Waals surface area contributed by atoms with E-state index in [0.717, 1.165) is 6.54 Å². The van der Waals surface area contributed by atoms with Gasteiger partial charge in [-0.15, -0.1) is 0 Å². The molecule has 8 heteroatoms. The van der Waals surface area contributed by atoms with Crippen molar-refractivity contribution in [3.8, 4) is 0 Å². The number of amides is 1. The van der Waals surface area contributed by atoms with E-state index in [-0.39, 0.29) is 11.1 Å². The number of rotatable bonds is 4. The van der Waals surface area contributed by atoms with Crippen LogP contribution in [0.1, 0.15) is 17.3 Å². The van der Waals surface area contributed by atoms with Crippen LogP contribution in [0.2, 0.25) is 5.15 Å². The zero-order chi connectivity index (χ0) is 13.8. The summed E-state index contributed by atoms with van der Waals surface area (Å²) in [7, 11) is 0. The Kier molecular flexibility index (Phi) is 3.98. The molecule has 100 valence electrons. The number of halogens is 1. The number of anilines is 2. The van der Waals surface area contributed by atoms with Gasteiger partial charge >= 0.3 is 0 Å². The largest absolute Gasteiger partial charge is 0.319 e. The minimum Gasteiger partial charge on any atom is -0.319 e. The molecule has 0 radical (unpaired) electrons. The van der Waals surface area contributed by atoms with Gasteiger partial charge in [0.1, 0.15) is 11.0 Å². The molecule has 0 unspecified atom stereocenters. The number of nitrogens with one attached hydrogen (secondary N) is 2. The van der Waals surface area contributed by atoms with Crippen LogP contribution >= 0.6 is 11.6 Å². The van der Waals surface area contributed by atoms with Crippen LogP contribution < -0.4 is 16.6 Å². The lowest BCUT2D eigenvalue weighted by atomic mass is 10.2. The van der Waals surface area contributed by atoms with Crippen molar-refractivity contribution in [2.24, 2.45) is 5.84 Å². The van der Waals surface area contributed by atoms with E-state index in [1.54, 1.807) is 17.1 Å². The molecule has 2 aromatic heterocycles. The number of hydrazine groups is 1. The first kappa shape index (κ1) is 13.3. The molecule has 0 aromatic carbocycles. The summed E-state index contributed by atoms with van der Waals surface area (Å²) < 4.78 is 1.71. The number of aromatic nitrogens is 3. The van der Waals surface area contributed by atoms with Gasteiger partial charge in [-0.2, -0.15) is 5.10 Å². The molecule has 0 aliphatic rings. The molecule has 0 saturated heterocycles. The van der Waals surface area contributed by atoms with E-state index in [1.165, 1.54) is 12.1 Å². The molecule has 19 heavy (non-hydrogen) atoms. The van der Waals surface area contributed by atoms with Crippen molar-refractivity contribution in [2.75, 3.05) is 10.7 Å². The molecule has 0 aliphatic carbocycles. The normalized spacial score (nSPS) is 10.3. The van der Waals surface area contributed by atoms with Crippen LogP contribution in [0.3, 0.4) is 0 Å². The quantitative estimate of drug-likeness (QED) is 0.448. The van der Waals surface area contributed by atoms with Crippen molar-refractivity contribution in [1.29, 1.82) is 0 Å². The number of pyridine rings is 1. The van der Waals surface area contributed by atoms with E-state index in [4.69, 9.17) is 17.4 Å². The predicted molar refractivity (Wildman–Crippen MR) is 72.9 cm³/mol. The number of nitrogens with two attached hydrogens (primary N) is 1. The van der Waals surface area contributed by atoms with Crippen molar-refractivity contribution in [1.82, 2.24) is 14.8 Å². The Morgan fingerprint density at radius 1 is 1.53 bits per heavy atom. The lowest BCUT2D eigenvalue weighted by Crippen LogP contribution is -2.14. The third kappa shape index (κ3) is 3.21. The monoisotopic (exact) mass is 280 g/mol. The molecule has 0 atom stereocenters. The average Bonchev–Trinajstić information content (AvgIpc) is 2.85. The van der Waals surface area contributed by atoms with Crippen LogP contribution in [0, 0.1) is 0 Å². The number of nitrogens with zero attached hydrogens (tertiary/aromatic N) is 3. The SMILES string of the molecule is CCn1cc(NC(=O)c2cc(Cl)nc(NN)c2)cn1. The van der Waals surface area contributed by atoms with Gasteiger partial charge in [-0.1, -0.05) is 11.6 Å². The Bertz CT molecular complexity index is 597. The lowest BCUT2D eigenvalue weighted by molar-refractivity contribution is 0.102. The molecule has 2 rings (SSSR count). The Hall–Kier alpha value is -2.12. The first-order valence-corrected chi connectivity index (χ1v) is 5.98. The second kappa shape index (κ2) is 5.68. The molecule has 7 nitrogen and oxygen atoms in total. The maximum Gasteiger partial charge on any atom is 0.255 e. The molecular formula is C11H13ClN6O. The fourth-order valence-electron chi connectivity index (χ4n) is 1.51. The summed E-state index contributed by atoms with van der Waals surface area (Å²) in [4.78, 5) is 15.9. The molecule has 2 aromatic rings. The number of hydrogen-bond donors (Lipinski definition) is 3. The third-order valence-corrected chi connectivity index (χ3v) is 2.61. The average molecular weight is 281 g/mol. The summed E-state index contributed by atoms with van der Waals surface area (Å²) in [5.74, 6) is 5.26. The minimum absolute atomic E-state index is 0.185. The molecule has 4 N–H and O–H groups in total. The van der Waals surface area contributed by atoms with E-state index in [0.29, 0.717) is 17.1 Å². The topological polar surface area (TPSA) is 97.9 Å². The molecule has 0 fully saturated rings. The summed E-state index contributed by atoms with van der Waals surface area (Å²) in [6.45, 7) is 2.69. The second-order valence-corrected chi connectivity index (χ2v) is 4.13. The molecule has 0 bridgehead atoms. The lowest BCUT2D eigenvalue weighted by Gasteiger charge is -2.05. The first-order valence-electron chi connectivity index (χ1n) is 5.60. The van der Waals surface area contributed by atoms with Crippen LogP contribution in [-0.2, 0) is 6.54 Å². The first-order chi connectivity index (χ1) is 9.12. The summed E-state index contributed by atoms with van der Waals surface area (Å²) in [6.07, 6.45) is 3.31. The van der Waals surface area contributed by atoms with Gasteiger partial charge in [-0.3, -0.25) is 9.48 Å². The van der Waals surface area contributed by atoms with Crippen LogP contribution in [0.4, 0.5) is 11.5 Å². The highest BCUT2D eigenvalue weighted by Crippen LogP contribution is 2.15. The van der Waals surface area contributed by atoms with Crippen LogP contribution in [0.25, 0.3) is 0 Å². The van der Waals surface area contributed by atoms with E-state index in [9.17, 15) is 4.79 Å². The van der Waals surface area contributed by atoms with Gasteiger partial charge in [0, 0.05) is 18.3 Å². The number of carbonyl (C=O) groups is 1. The van der Waals surface area contributed by atoms with Gasteiger partial charge < -0.3 is 10.7 Å². The van der Waals surface area contributed by atoms with Gasteiger partial charge in [0.05, 0.1) is 11.9 Å². The third-order valence-electron chi connectivity index (χ3n) is 2.42. The summed E-state index contributed by atoms with van der Waals surface area (Å²) in [5.41, 5.74) is 3.32. The summed E-state index contributed by atoms with van der Waals surface area (Å²) in [6, 6.07) is 2.97. The fraction of sp³-hybridized carbons (Fsp3) is 0.182. The second-order valence-electron chi connectivity index (χ2n) is 3.75. The van der Waals surface area contributed by atoms with Crippen molar-refractivity contribution in [2.45, 2.75) is 13.5 Å². The number of nitrogen functional groups attached to an aromatic ring is 1. The Morgan fingerprint density at radius 3 is 2.95 bits per heavy atom. The van der Waals surface area contributed by atoms with E-state index in [1.807, 2.05) is 6.92 Å². The van der Waals surface area contributed by atoms with Crippen molar-refractivity contribution >= 4 is 29.0 Å².